The Labute approximate surface area is 179 Å². The maximum absolute atomic E-state index is 12.0. The van der Waals surface area contributed by atoms with E-state index in [-0.39, 0.29) is 17.9 Å². The van der Waals surface area contributed by atoms with E-state index in [0.29, 0.717) is 24.7 Å². The van der Waals surface area contributed by atoms with Crippen LogP contribution < -0.4 is 0 Å². The molecule has 0 spiro atoms. The normalized spacial score (nSPS) is 50.4. The first kappa shape index (κ1) is 20.7. The van der Waals surface area contributed by atoms with Crippen LogP contribution in [0.4, 0.5) is 0 Å². The van der Waals surface area contributed by atoms with E-state index < -0.39 is 22.7 Å². The Morgan fingerprint density at radius 3 is 2.70 bits per heavy atom. The maximum atomic E-state index is 12.0. The van der Waals surface area contributed by atoms with E-state index in [1.807, 2.05) is 6.07 Å². The van der Waals surface area contributed by atoms with Crippen molar-refractivity contribution in [3.63, 3.8) is 0 Å². The highest BCUT2D eigenvalue weighted by Gasteiger charge is 2.71. The Bertz CT molecular complexity index is 791. The molecule has 0 aromatic carbocycles. The topological polar surface area (TPSA) is 79.9 Å². The van der Waals surface area contributed by atoms with Crippen LogP contribution in [-0.4, -0.2) is 34.8 Å². The molecule has 5 heteroatoms. The van der Waals surface area contributed by atoms with Gasteiger partial charge in [0.05, 0.1) is 24.2 Å². The fraction of sp³-hybridized carbons (Fsp3) is 0.800. The molecule has 0 amide bonds. The summed E-state index contributed by atoms with van der Waals surface area (Å²) in [5.74, 6) is 0.939. The van der Waals surface area contributed by atoms with Gasteiger partial charge in [-0.15, -0.1) is 0 Å². The third kappa shape index (κ3) is 2.37. The van der Waals surface area contributed by atoms with E-state index in [1.165, 1.54) is 6.42 Å². The van der Waals surface area contributed by atoms with Crippen LogP contribution >= 0.6 is 0 Å². The second kappa shape index (κ2) is 6.91. The molecule has 0 aliphatic heterocycles. The summed E-state index contributed by atoms with van der Waals surface area (Å²) >= 11 is 0. The van der Waals surface area contributed by atoms with Crippen LogP contribution in [0.25, 0.3) is 0 Å². The molecule has 1 aromatic rings. The van der Waals surface area contributed by atoms with E-state index in [4.69, 9.17) is 9.15 Å². The lowest BCUT2D eigenvalue weighted by Crippen LogP contribution is -2.67. The molecule has 0 bridgehead atoms. The van der Waals surface area contributed by atoms with Gasteiger partial charge in [-0.05, 0) is 81.6 Å². The lowest BCUT2D eigenvalue weighted by Gasteiger charge is -2.67. The highest BCUT2D eigenvalue weighted by atomic mass is 16.5. The van der Waals surface area contributed by atoms with Gasteiger partial charge in [0.2, 0.25) is 0 Å². The van der Waals surface area contributed by atoms with Gasteiger partial charge in [-0.2, -0.15) is 0 Å². The quantitative estimate of drug-likeness (QED) is 0.719. The molecule has 5 nitrogen and oxygen atoms in total. The van der Waals surface area contributed by atoms with Crippen molar-refractivity contribution in [1.29, 1.82) is 0 Å². The molecule has 5 rings (SSSR count). The molecule has 4 aliphatic rings. The first-order valence-corrected chi connectivity index (χ1v) is 11.8. The largest absolute Gasteiger partial charge is 0.472 e. The monoisotopic (exact) mass is 416 g/mol. The molecule has 1 unspecified atom stereocenters. The zero-order chi connectivity index (χ0) is 21.2. The molecule has 30 heavy (non-hydrogen) atoms. The number of fused-ring (bicyclic) bond motifs is 5. The van der Waals surface area contributed by atoms with E-state index in [0.717, 1.165) is 50.4 Å². The van der Waals surface area contributed by atoms with Gasteiger partial charge in [-0.3, -0.25) is 0 Å². The maximum Gasteiger partial charge on any atom is 0.145 e. The Morgan fingerprint density at radius 2 is 1.97 bits per heavy atom. The number of furan rings is 1. The average Bonchev–Trinajstić information content (AvgIpc) is 3.35. The smallest absolute Gasteiger partial charge is 0.145 e. The van der Waals surface area contributed by atoms with E-state index in [1.54, 1.807) is 12.5 Å². The summed E-state index contributed by atoms with van der Waals surface area (Å²) < 4.78 is 12.0. The van der Waals surface area contributed by atoms with Crippen molar-refractivity contribution >= 4 is 6.29 Å². The summed E-state index contributed by atoms with van der Waals surface area (Å²) in [6.07, 6.45) is 12.3. The number of carbonyl (C=O) groups is 1. The number of aldehydes is 1. The lowest BCUT2D eigenvalue weighted by atomic mass is 9.40. The van der Waals surface area contributed by atoms with Gasteiger partial charge in [0.25, 0.3) is 0 Å². The number of hydrogen-bond donors (Lipinski definition) is 2. The van der Waals surface area contributed by atoms with E-state index in [9.17, 15) is 15.0 Å². The van der Waals surface area contributed by atoms with Gasteiger partial charge < -0.3 is 24.2 Å². The average molecular weight is 417 g/mol. The predicted molar refractivity (Wildman–Crippen MR) is 112 cm³/mol. The molecule has 4 aliphatic carbocycles. The number of rotatable bonds is 4. The van der Waals surface area contributed by atoms with Gasteiger partial charge in [0, 0.05) is 16.4 Å². The number of aliphatic hydroxyl groups is 2. The Hall–Kier alpha value is -1.17. The summed E-state index contributed by atoms with van der Waals surface area (Å²) in [5.41, 5.74) is -0.981. The van der Waals surface area contributed by atoms with Crippen LogP contribution in [0.15, 0.2) is 23.0 Å². The minimum absolute atomic E-state index is 0.0750. The van der Waals surface area contributed by atoms with E-state index >= 15 is 0 Å². The van der Waals surface area contributed by atoms with Gasteiger partial charge in [-0.1, -0.05) is 13.8 Å². The zero-order valence-electron chi connectivity index (χ0n) is 18.3. The van der Waals surface area contributed by atoms with Crippen molar-refractivity contribution in [3.05, 3.63) is 24.2 Å². The van der Waals surface area contributed by atoms with Crippen molar-refractivity contribution in [2.24, 2.45) is 28.6 Å². The molecule has 1 aromatic heterocycles. The second-order valence-electron chi connectivity index (χ2n) is 10.9. The van der Waals surface area contributed by atoms with Crippen molar-refractivity contribution in [1.82, 2.24) is 0 Å². The van der Waals surface area contributed by atoms with Crippen molar-refractivity contribution in [3.8, 4) is 0 Å². The molecule has 166 valence electrons. The van der Waals surface area contributed by atoms with Gasteiger partial charge in [-0.25, -0.2) is 0 Å². The Morgan fingerprint density at radius 1 is 1.13 bits per heavy atom. The molecular weight excluding hydrogens is 380 g/mol. The second-order valence-corrected chi connectivity index (χ2v) is 10.9. The van der Waals surface area contributed by atoms with Gasteiger partial charge in [0.15, 0.2) is 0 Å². The fourth-order valence-electron chi connectivity index (χ4n) is 8.75. The molecule has 8 atom stereocenters. The van der Waals surface area contributed by atoms with Crippen LogP contribution in [0.3, 0.4) is 0 Å². The number of carbonyl (C=O) groups excluding carboxylic acids is 1. The highest BCUT2D eigenvalue weighted by Crippen LogP contribution is 2.71. The number of hydrogen-bond acceptors (Lipinski definition) is 5. The fourth-order valence-corrected chi connectivity index (χ4v) is 8.75. The summed E-state index contributed by atoms with van der Waals surface area (Å²) in [6.45, 7) is 4.54. The Kier molecular flexibility index (Phi) is 4.77. The van der Waals surface area contributed by atoms with Crippen LogP contribution in [-0.2, 0) is 15.1 Å². The number of aliphatic hydroxyl groups excluding tert-OH is 1. The van der Waals surface area contributed by atoms with E-state index in [2.05, 4.69) is 13.8 Å². The van der Waals surface area contributed by atoms with Crippen LogP contribution in [0.5, 0.6) is 0 Å². The van der Waals surface area contributed by atoms with Crippen LogP contribution in [0.1, 0.15) is 77.2 Å². The van der Waals surface area contributed by atoms with Gasteiger partial charge in [0.1, 0.15) is 18.5 Å². The van der Waals surface area contributed by atoms with Crippen molar-refractivity contribution < 1.29 is 24.2 Å². The minimum Gasteiger partial charge on any atom is -0.472 e. The van der Waals surface area contributed by atoms with Crippen molar-refractivity contribution in [2.75, 3.05) is 6.61 Å². The van der Waals surface area contributed by atoms with Crippen LogP contribution in [0, 0.1) is 28.6 Å². The molecular formula is C25H36O5. The predicted octanol–water partition coefficient (Wildman–Crippen LogP) is 4.21. The first-order valence-electron chi connectivity index (χ1n) is 11.8. The summed E-state index contributed by atoms with van der Waals surface area (Å²) in [7, 11) is 0. The highest BCUT2D eigenvalue weighted by molar-refractivity contribution is 5.50. The molecule has 0 radical (unpaired) electrons. The Balaban J connectivity index is 1.63. The summed E-state index contributed by atoms with van der Waals surface area (Å²) in [6, 6.07) is 2.00. The SMILES string of the molecule is C[C@@]12[C@@H](CCCC1(OCC=O)c1ccoc1)CC[C@@H]1[C@@H]2CC[C@]2(C)[C@H](O)CC[C@]12O. The third-order valence-electron chi connectivity index (χ3n) is 10.4. The molecule has 0 saturated heterocycles. The molecule has 1 heterocycles. The third-order valence-corrected chi connectivity index (χ3v) is 10.4. The number of ether oxygens (including phenoxy) is 1. The lowest BCUT2D eigenvalue weighted by molar-refractivity contribution is -0.271. The first-order chi connectivity index (χ1) is 14.3. The van der Waals surface area contributed by atoms with Gasteiger partial charge >= 0.3 is 0 Å². The molecule has 4 fully saturated rings. The molecule has 2 N–H and O–H groups in total. The molecule has 4 saturated carbocycles. The summed E-state index contributed by atoms with van der Waals surface area (Å²) in [5, 5.41) is 22.8. The van der Waals surface area contributed by atoms with Crippen LogP contribution in [0.2, 0.25) is 0 Å². The minimum atomic E-state index is -0.826. The van der Waals surface area contributed by atoms with Crippen molar-refractivity contribution in [2.45, 2.75) is 88.9 Å². The zero-order valence-corrected chi connectivity index (χ0v) is 18.3. The summed E-state index contributed by atoms with van der Waals surface area (Å²) in [4.78, 5) is 11.4. The standard InChI is InChI=1S/C25H36O5/c1-22-11-7-19-20(24(22,28)12-8-21(22)27)6-5-17-4-3-10-25(23(17,19)2,30-15-13-26)18-9-14-29-16-18/h9,13-14,16-17,19-21,27-28H,3-8,10-12,15H2,1-2H3/t17-,19-,20+,21+,22+,23-,24-,25?/m0/s1.